The number of likely N-dealkylation sites (tertiary alicyclic amines) is 1. The fourth-order valence-electron chi connectivity index (χ4n) is 2.52. The van der Waals surface area contributed by atoms with Crippen molar-refractivity contribution < 1.29 is 0 Å². The summed E-state index contributed by atoms with van der Waals surface area (Å²) in [5.74, 6) is 0.957. The Morgan fingerprint density at radius 1 is 1.07 bits per heavy atom. The molecule has 2 rings (SSSR count). The van der Waals surface area contributed by atoms with E-state index in [1.54, 1.807) is 0 Å². The lowest BCUT2D eigenvalue weighted by Gasteiger charge is -2.29. The summed E-state index contributed by atoms with van der Waals surface area (Å²) in [5.41, 5.74) is 0. The molecule has 81 valence electrons. The zero-order valence-electron chi connectivity index (χ0n) is 9.17. The van der Waals surface area contributed by atoms with E-state index in [1.165, 1.54) is 64.7 Å². The molecule has 0 aromatic carbocycles. The number of rotatable bonds is 3. The first-order valence-corrected chi connectivity index (χ1v) is 6.23. The number of piperidine rings is 2. The molecule has 2 heteroatoms. The van der Waals surface area contributed by atoms with Crippen molar-refractivity contribution in [3.8, 4) is 0 Å². The van der Waals surface area contributed by atoms with Gasteiger partial charge >= 0.3 is 0 Å². The van der Waals surface area contributed by atoms with E-state index in [2.05, 4.69) is 16.8 Å². The highest BCUT2D eigenvalue weighted by Gasteiger charge is 2.16. The molecule has 0 amide bonds. The van der Waals surface area contributed by atoms with Gasteiger partial charge in [-0.2, -0.15) is 0 Å². The normalized spacial score (nSPS) is 26.6. The summed E-state index contributed by atoms with van der Waals surface area (Å²) < 4.78 is 0. The monoisotopic (exact) mass is 195 g/mol. The van der Waals surface area contributed by atoms with Crippen LogP contribution in [0, 0.1) is 12.5 Å². The van der Waals surface area contributed by atoms with Crippen LogP contribution in [-0.4, -0.2) is 31.1 Å². The number of nitrogens with zero attached hydrogens (tertiary/aromatic N) is 1. The lowest BCUT2D eigenvalue weighted by atomic mass is 9.94. The molecule has 0 spiro atoms. The maximum atomic E-state index is 3.43. The zero-order valence-corrected chi connectivity index (χ0v) is 9.17. The molecule has 2 nitrogen and oxygen atoms in total. The van der Waals surface area contributed by atoms with Gasteiger partial charge in [-0.05, 0) is 64.2 Å². The van der Waals surface area contributed by atoms with Gasteiger partial charge in [-0.25, -0.2) is 0 Å². The van der Waals surface area contributed by atoms with Crippen molar-refractivity contribution in [2.45, 2.75) is 38.5 Å². The molecule has 0 atom stereocenters. The van der Waals surface area contributed by atoms with Crippen LogP contribution in [0.4, 0.5) is 0 Å². The van der Waals surface area contributed by atoms with Gasteiger partial charge in [-0.1, -0.05) is 6.42 Å². The van der Waals surface area contributed by atoms with E-state index >= 15 is 0 Å². The Morgan fingerprint density at radius 3 is 2.50 bits per heavy atom. The Bertz CT molecular complexity index is 128. The SMILES string of the molecule is [CH](CC1CCNCC1)N1CCCCC1. The highest BCUT2D eigenvalue weighted by molar-refractivity contribution is 4.78. The standard InChI is InChI=1S/C12H23N2/c1-2-9-14(10-3-1)11-6-12-4-7-13-8-5-12/h11-13H,1-10H2. The van der Waals surface area contributed by atoms with Crippen molar-refractivity contribution in [2.24, 2.45) is 5.92 Å². The third-order valence-electron chi connectivity index (χ3n) is 3.55. The highest BCUT2D eigenvalue weighted by Crippen LogP contribution is 2.20. The quantitative estimate of drug-likeness (QED) is 0.741. The van der Waals surface area contributed by atoms with E-state index in [4.69, 9.17) is 0 Å². The Hall–Kier alpha value is -0.0800. The van der Waals surface area contributed by atoms with E-state index < -0.39 is 0 Å². The van der Waals surface area contributed by atoms with Crippen LogP contribution in [0.2, 0.25) is 0 Å². The molecule has 14 heavy (non-hydrogen) atoms. The van der Waals surface area contributed by atoms with Gasteiger partial charge in [-0.15, -0.1) is 0 Å². The summed E-state index contributed by atoms with van der Waals surface area (Å²) in [7, 11) is 0. The van der Waals surface area contributed by atoms with Gasteiger partial charge in [-0.3, -0.25) is 4.90 Å². The van der Waals surface area contributed by atoms with Gasteiger partial charge < -0.3 is 5.32 Å². The summed E-state index contributed by atoms with van der Waals surface area (Å²) in [6, 6.07) is 0. The van der Waals surface area contributed by atoms with Crippen LogP contribution in [0.25, 0.3) is 0 Å². The molecule has 1 N–H and O–H groups in total. The van der Waals surface area contributed by atoms with Crippen LogP contribution in [-0.2, 0) is 0 Å². The number of hydrogen-bond acceptors (Lipinski definition) is 2. The van der Waals surface area contributed by atoms with Crippen LogP contribution < -0.4 is 5.32 Å². The number of hydrogen-bond donors (Lipinski definition) is 1. The zero-order chi connectivity index (χ0) is 9.64. The topological polar surface area (TPSA) is 15.3 Å². The Labute approximate surface area is 88.1 Å². The molecular weight excluding hydrogens is 172 g/mol. The summed E-state index contributed by atoms with van der Waals surface area (Å²) in [5, 5.41) is 3.43. The first-order valence-electron chi connectivity index (χ1n) is 6.23. The van der Waals surface area contributed by atoms with Crippen LogP contribution in [0.3, 0.4) is 0 Å². The second kappa shape index (κ2) is 5.72. The predicted molar refractivity (Wildman–Crippen MR) is 59.9 cm³/mol. The molecule has 2 fully saturated rings. The molecule has 0 saturated carbocycles. The third-order valence-corrected chi connectivity index (χ3v) is 3.55. The fraction of sp³-hybridized carbons (Fsp3) is 0.917. The first-order chi connectivity index (χ1) is 6.95. The van der Waals surface area contributed by atoms with Crippen molar-refractivity contribution >= 4 is 0 Å². The fourth-order valence-corrected chi connectivity index (χ4v) is 2.52. The average Bonchev–Trinajstić information content (AvgIpc) is 2.29. The first kappa shape index (κ1) is 10.4. The maximum absolute atomic E-state index is 3.43. The molecule has 0 aromatic heterocycles. The molecule has 2 saturated heterocycles. The maximum Gasteiger partial charge on any atom is 0.0254 e. The average molecular weight is 195 g/mol. The highest BCUT2D eigenvalue weighted by atomic mass is 15.1. The molecule has 0 bridgehead atoms. The Kier molecular flexibility index (Phi) is 4.26. The molecule has 1 radical (unpaired) electrons. The summed E-state index contributed by atoms with van der Waals surface area (Å²) in [6.45, 7) is 7.57. The van der Waals surface area contributed by atoms with Crippen LogP contribution >= 0.6 is 0 Å². The predicted octanol–water partition coefficient (Wildman–Crippen LogP) is 2.02. The van der Waals surface area contributed by atoms with Crippen molar-refractivity contribution in [3.05, 3.63) is 6.54 Å². The van der Waals surface area contributed by atoms with Crippen LogP contribution in [0.15, 0.2) is 0 Å². The molecule has 0 aliphatic carbocycles. The van der Waals surface area contributed by atoms with Crippen molar-refractivity contribution in [1.82, 2.24) is 10.2 Å². The Balaban J connectivity index is 1.60. The van der Waals surface area contributed by atoms with Crippen molar-refractivity contribution in [3.63, 3.8) is 0 Å². The van der Waals surface area contributed by atoms with E-state index in [0.717, 1.165) is 5.92 Å². The molecule has 0 unspecified atom stereocenters. The second-order valence-electron chi connectivity index (χ2n) is 4.71. The molecule has 2 heterocycles. The molecule has 2 aliphatic rings. The van der Waals surface area contributed by atoms with E-state index in [1.807, 2.05) is 0 Å². The minimum absolute atomic E-state index is 0.957. The molecular formula is C12H23N2. The third kappa shape index (κ3) is 3.25. The lowest BCUT2D eigenvalue weighted by Crippen LogP contribution is -2.31. The van der Waals surface area contributed by atoms with E-state index in [-0.39, 0.29) is 0 Å². The van der Waals surface area contributed by atoms with E-state index in [9.17, 15) is 0 Å². The Morgan fingerprint density at radius 2 is 1.79 bits per heavy atom. The minimum Gasteiger partial charge on any atom is -0.317 e. The summed E-state index contributed by atoms with van der Waals surface area (Å²) in [4.78, 5) is 2.55. The van der Waals surface area contributed by atoms with Crippen LogP contribution in [0.1, 0.15) is 38.5 Å². The van der Waals surface area contributed by atoms with Gasteiger partial charge in [0.15, 0.2) is 0 Å². The van der Waals surface area contributed by atoms with E-state index in [0.29, 0.717) is 0 Å². The smallest absolute Gasteiger partial charge is 0.0254 e. The lowest BCUT2D eigenvalue weighted by molar-refractivity contribution is 0.247. The van der Waals surface area contributed by atoms with Gasteiger partial charge in [0.25, 0.3) is 0 Å². The van der Waals surface area contributed by atoms with Gasteiger partial charge in [0.1, 0.15) is 0 Å². The van der Waals surface area contributed by atoms with Gasteiger partial charge in [0.05, 0.1) is 0 Å². The van der Waals surface area contributed by atoms with Crippen molar-refractivity contribution in [1.29, 1.82) is 0 Å². The van der Waals surface area contributed by atoms with Crippen LogP contribution in [0.5, 0.6) is 0 Å². The molecule has 0 aromatic rings. The number of nitrogens with one attached hydrogen (secondary N) is 1. The second-order valence-corrected chi connectivity index (χ2v) is 4.71. The minimum atomic E-state index is 0.957. The summed E-state index contributed by atoms with van der Waals surface area (Å²) in [6.07, 6.45) is 8.33. The van der Waals surface area contributed by atoms with Gasteiger partial charge in [0.2, 0.25) is 0 Å². The largest absolute Gasteiger partial charge is 0.317 e. The van der Waals surface area contributed by atoms with Gasteiger partial charge in [0, 0.05) is 6.54 Å². The van der Waals surface area contributed by atoms with Crippen molar-refractivity contribution in [2.75, 3.05) is 26.2 Å². The summed E-state index contributed by atoms with van der Waals surface area (Å²) >= 11 is 0. The molecule has 2 aliphatic heterocycles.